The molecule has 0 amide bonds. The van der Waals surface area contributed by atoms with Gasteiger partial charge in [0.15, 0.2) is 11.8 Å². The van der Waals surface area contributed by atoms with E-state index in [1.54, 1.807) is 0 Å². The van der Waals surface area contributed by atoms with E-state index >= 15 is 0 Å². The predicted molar refractivity (Wildman–Crippen MR) is 110 cm³/mol. The summed E-state index contributed by atoms with van der Waals surface area (Å²) >= 11 is 0. The van der Waals surface area contributed by atoms with Crippen molar-refractivity contribution in [2.24, 2.45) is 0 Å². The Kier molecular flexibility index (Phi) is 5.07. The zero-order valence-electron chi connectivity index (χ0n) is 17.4. The Balaban J connectivity index is 1.50. The monoisotopic (exact) mass is 495 g/mol. The van der Waals surface area contributed by atoms with Crippen molar-refractivity contribution in [2.45, 2.75) is 18.2 Å². The number of ether oxygens (including phenoxy) is 1. The number of fused-ring (bicyclic) bond motifs is 1. The third-order valence-corrected chi connectivity index (χ3v) is 5.36. The van der Waals surface area contributed by atoms with Crippen LogP contribution in [0, 0.1) is 0 Å². The largest absolute Gasteiger partial charge is 0.466 e. The molecule has 1 aliphatic rings. The molecule has 1 atom stereocenters. The van der Waals surface area contributed by atoms with Gasteiger partial charge in [-0.3, -0.25) is 9.78 Å². The zero-order chi connectivity index (χ0) is 25.0. The molecule has 0 aromatic carbocycles. The molecular formula is C20H14F5N7O3. The standard InChI is InChI=1S/C20H14F5N7O3/c21-19(22)9-31(8-14(19)35-15-5-10(1-2-26-15)20(23,24)25)13-6-12(30-32-4-3-27-16(13)32)11-7-28-18(34)29-17(11)33/h1-7,14H,8-9H2,(H2,28,29,33,34). The molecule has 4 aromatic rings. The number of alkyl halides is 5. The first-order chi connectivity index (χ1) is 16.5. The number of aromatic amines is 2. The lowest BCUT2D eigenvalue weighted by Gasteiger charge is -2.19. The molecule has 0 radical (unpaired) electrons. The minimum absolute atomic E-state index is 0.0200. The van der Waals surface area contributed by atoms with Crippen molar-refractivity contribution in [3.8, 4) is 17.1 Å². The molecule has 1 saturated heterocycles. The zero-order valence-corrected chi connectivity index (χ0v) is 17.4. The van der Waals surface area contributed by atoms with Gasteiger partial charge in [-0.05, 0) is 12.1 Å². The Morgan fingerprint density at radius 3 is 2.69 bits per heavy atom. The van der Waals surface area contributed by atoms with Crippen LogP contribution in [0.1, 0.15) is 5.56 Å². The van der Waals surface area contributed by atoms with Crippen LogP contribution in [-0.2, 0) is 6.18 Å². The molecule has 15 heteroatoms. The van der Waals surface area contributed by atoms with Crippen LogP contribution in [0.25, 0.3) is 16.9 Å². The van der Waals surface area contributed by atoms with Gasteiger partial charge in [0.25, 0.3) is 5.56 Å². The summed E-state index contributed by atoms with van der Waals surface area (Å²) in [6.07, 6.45) is -1.72. The Labute approximate surface area is 191 Å². The van der Waals surface area contributed by atoms with E-state index in [-0.39, 0.29) is 22.6 Å². The molecule has 0 bridgehead atoms. The van der Waals surface area contributed by atoms with Crippen molar-refractivity contribution in [2.75, 3.05) is 18.0 Å². The highest BCUT2D eigenvalue weighted by Crippen LogP contribution is 2.37. The number of pyridine rings is 1. The van der Waals surface area contributed by atoms with Crippen LogP contribution in [-0.4, -0.2) is 54.7 Å². The van der Waals surface area contributed by atoms with Crippen molar-refractivity contribution in [1.29, 1.82) is 0 Å². The first-order valence-corrected chi connectivity index (χ1v) is 10.0. The topological polar surface area (TPSA) is 121 Å². The molecule has 1 unspecified atom stereocenters. The second-order valence-electron chi connectivity index (χ2n) is 7.72. The van der Waals surface area contributed by atoms with Crippen LogP contribution in [0.5, 0.6) is 5.88 Å². The molecule has 0 saturated carbocycles. The second kappa shape index (κ2) is 7.89. The normalized spacial score (nSPS) is 17.7. The Hall–Kier alpha value is -4.30. The van der Waals surface area contributed by atoms with Gasteiger partial charge in [0.2, 0.25) is 5.88 Å². The summed E-state index contributed by atoms with van der Waals surface area (Å²) in [6.45, 7) is -1.26. The van der Waals surface area contributed by atoms with Crippen LogP contribution in [0.4, 0.5) is 27.6 Å². The van der Waals surface area contributed by atoms with Crippen LogP contribution < -0.4 is 20.9 Å². The van der Waals surface area contributed by atoms with E-state index in [2.05, 4.69) is 25.0 Å². The van der Waals surface area contributed by atoms with Crippen LogP contribution in [0.2, 0.25) is 0 Å². The van der Waals surface area contributed by atoms with Gasteiger partial charge in [-0.15, -0.1) is 0 Å². The summed E-state index contributed by atoms with van der Waals surface area (Å²) in [7, 11) is 0. The van der Waals surface area contributed by atoms with Crippen molar-refractivity contribution in [3.63, 3.8) is 0 Å². The maximum Gasteiger partial charge on any atom is 0.416 e. The lowest BCUT2D eigenvalue weighted by molar-refractivity contribution is -0.137. The van der Waals surface area contributed by atoms with Gasteiger partial charge in [-0.25, -0.2) is 28.1 Å². The van der Waals surface area contributed by atoms with E-state index in [4.69, 9.17) is 4.74 Å². The highest BCUT2D eigenvalue weighted by Gasteiger charge is 2.51. The van der Waals surface area contributed by atoms with E-state index in [0.29, 0.717) is 12.1 Å². The minimum atomic E-state index is -4.69. The third-order valence-electron chi connectivity index (χ3n) is 5.36. The van der Waals surface area contributed by atoms with Crippen LogP contribution in [0.15, 0.2) is 52.6 Å². The summed E-state index contributed by atoms with van der Waals surface area (Å²) in [5.74, 6) is -4.05. The molecule has 2 N–H and O–H groups in total. The number of aromatic nitrogens is 6. The van der Waals surface area contributed by atoms with Crippen molar-refractivity contribution in [1.82, 2.24) is 29.5 Å². The summed E-state index contributed by atoms with van der Waals surface area (Å²) in [5, 5.41) is 4.23. The van der Waals surface area contributed by atoms with Crippen molar-refractivity contribution >= 4 is 11.3 Å². The van der Waals surface area contributed by atoms with Crippen LogP contribution in [0.3, 0.4) is 0 Å². The molecule has 35 heavy (non-hydrogen) atoms. The van der Waals surface area contributed by atoms with E-state index in [0.717, 1.165) is 12.4 Å². The third kappa shape index (κ3) is 4.20. The average Bonchev–Trinajstić information content (AvgIpc) is 3.36. The average molecular weight is 495 g/mol. The Bertz CT molecular complexity index is 1530. The Morgan fingerprint density at radius 2 is 1.94 bits per heavy atom. The fourth-order valence-corrected chi connectivity index (χ4v) is 3.72. The van der Waals surface area contributed by atoms with Gasteiger partial charge in [0, 0.05) is 30.9 Å². The van der Waals surface area contributed by atoms with Crippen LogP contribution >= 0.6 is 0 Å². The minimum Gasteiger partial charge on any atom is -0.466 e. The number of H-pyrrole nitrogens is 2. The Morgan fingerprint density at radius 1 is 1.14 bits per heavy atom. The van der Waals surface area contributed by atoms with Crippen molar-refractivity contribution < 1.29 is 26.7 Å². The molecule has 1 aliphatic heterocycles. The highest BCUT2D eigenvalue weighted by molar-refractivity contribution is 5.74. The molecule has 5 heterocycles. The number of hydrogen-bond acceptors (Lipinski definition) is 7. The molecule has 10 nitrogen and oxygen atoms in total. The second-order valence-corrected chi connectivity index (χ2v) is 7.72. The first kappa shape index (κ1) is 22.5. The number of imidazole rings is 1. The van der Waals surface area contributed by atoms with Gasteiger partial charge < -0.3 is 14.6 Å². The number of anilines is 1. The molecule has 1 fully saturated rings. The fourth-order valence-electron chi connectivity index (χ4n) is 3.72. The van der Waals surface area contributed by atoms with Gasteiger partial charge in [-0.1, -0.05) is 0 Å². The number of nitrogens with zero attached hydrogens (tertiary/aromatic N) is 5. The van der Waals surface area contributed by atoms with E-state index in [9.17, 15) is 31.5 Å². The van der Waals surface area contributed by atoms with E-state index < -0.39 is 54.0 Å². The lowest BCUT2D eigenvalue weighted by atomic mass is 10.2. The van der Waals surface area contributed by atoms with E-state index in [1.807, 2.05) is 0 Å². The van der Waals surface area contributed by atoms with Crippen molar-refractivity contribution in [3.05, 3.63) is 69.4 Å². The molecular weight excluding hydrogens is 481 g/mol. The summed E-state index contributed by atoms with van der Waals surface area (Å²) in [5.41, 5.74) is -2.13. The predicted octanol–water partition coefficient (Wildman–Crippen LogP) is 2.09. The number of nitrogens with one attached hydrogen (secondary N) is 2. The molecule has 0 aliphatic carbocycles. The lowest BCUT2D eigenvalue weighted by Crippen LogP contribution is -2.36. The highest BCUT2D eigenvalue weighted by atomic mass is 19.4. The number of halogens is 5. The summed E-state index contributed by atoms with van der Waals surface area (Å²) < 4.78 is 75.1. The number of hydrogen-bond donors (Lipinski definition) is 2. The first-order valence-electron chi connectivity index (χ1n) is 10.0. The van der Waals surface area contributed by atoms with Gasteiger partial charge in [0.05, 0.1) is 29.9 Å². The van der Waals surface area contributed by atoms with Gasteiger partial charge in [-0.2, -0.15) is 18.3 Å². The molecule has 0 spiro atoms. The maximum atomic E-state index is 14.9. The quantitative estimate of drug-likeness (QED) is 0.416. The smallest absolute Gasteiger partial charge is 0.416 e. The summed E-state index contributed by atoms with van der Waals surface area (Å²) in [6, 6.07) is 2.61. The van der Waals surface area contributed by atoms with E-state index in [1.165, 1.54) is 27.9 Å². The van der Waals surface area contributed by atoms with Gasteiger partial charge >= 0.3 is 17.8 Å². The van der Waals surface area contributed by atoms with Gasteiger partial charge in [0.1, 0.15) is 5.69 Å². The molecule has 4 aromatic heterocycles. The molecule has 182 valence electrons. The maximum absolute atomic E-state index is 14.9. The number of rotatable bonds is 4. The fraction of sp³-hybridized carbons (Fsp3) is 0.250. The SMILES string of the molecule is O=c1[nH]cc(-c2cc(N3CC(Oc4cc(C(F)(F)F)ccn4)C(F)(F)C3)c3nccn3n2)c(=O)[nH]1. The summed E-state index contributed by atoms with van der Waals surface area (Å²) in [4.78, 5) is 36.9. The molecule has 5 rings (SSSR count).